The van der Waals surface area contributed by atoms with Crippen molar-refractivity contribution in [3.63, 3.8) is 0 Å². The lowest BCUT2D eigenvalue weighted by Gasteiger charge is -2.09. The molecule has 0 atom stereocenters. The molecule has 0 saturated heterocycles. The summed E-state index contributed by atoms with van der Waals surface area (Å²) < 4.78 is 1.63. The Bertz CT molecular complexity index is 653. The van der Waals surface area contributed by atoms with Gasteiger partial charge >= 0.3 is 0 Å². The first-order valence-corrected chi connectivity index (χ1v) is 6.93. The minimum Gasteiger partial charge on any atom is -0.391 e. The molecule has 1 aromatic carbocycles. The Labute approximate surface area is 132 Å². The van der Waals surface area contributed by atoms with Crippen molar-refractivity contribution in [1.82, 2.24) is 14.8 Å². The van der Waals surface area contributed by atoms with Crippen molar-refractivity contribution in [3.8, 4) is 0 Å². The van der Waals surface area contributed by atoms with Crippen molar-refractivity contribution in [2.45, 2.75) is 13.5 Å². The van der Waals surface area contributed by atoms with Gasteiger partial charge in [0.05, 0.1) is 11.6 Å². The van der Waals surface area contributed by atoms with Crippen LogP contribution in [0.3, 0.4) is 0 Å². The Morgan fingerprint density at radius 3 is 2.86 bits per heavy atom. The molecule has 0 aliphatic carbocycles. The quantitative estimate of drug-likeness (QED) is 0.463. The van der Waals surface area contributed by atoms with Gasteiger partial charge in [-0.2, -0.15) is 5.10 Å². The fourth-order valence-electron chi connectivity index (χ4n) is 1.57. The first-order chi connectivity index (χ1) is 10.1. The summed E-state index contributed by atoms with van der Waals surface area (Å²) in [6.07, 6.45) is 3.05. The van der Waals surface area contributed by atoms with Crippen molar-refractivity contribution in [2.24, 2.45) is 5.16 Å². The van der Waals surface area contributed by atoms with E-state index in [1.165, 1.54) is 6.33 Å². The molecule has 0 aliphatic heterocycles. The van der Waals surface area contributed by atoms with E-state index in [0.29, 0.717) is 28.9 Å². The second-order valence-electron chi connectivity index (χ2n) is 4.49. The van der Waals surface area contributed by atoms with E-state index in [1.807, 2.05) is 6.92 Å². The highest BCUT2D eigenvalue weighted by atomic mass is 35.5. The maximum Gasteiger partial charge on any atom is 0.137 e. The van der Waals surface area contributed by atoms with Gasteiger partial charge < -0.3 is 4.84 Å². The number of hydrogen-bond donors (Lipinski definition) is 0. The van der Waals surface area contributed by atoms with Crippen LogP contribution in [0.1, 0.15) is 12.5 Å². The molecule has 2 rings (SSSR count). The van der Waals surface area contributed by atoms with Crippen molar-refractivity contribution in [1.29, 1.82) is 0 Å². The van der Waals surface area contributed by atoms with Crippen LogP contribution in [-0.2, 0) is 11.4 Å². The lowest BCUT2D eigenvalue weighted by Crippen LogP contribution is -2.13. The van der Waals surface area contributed by atoms with Gasteiger partial charge in [0.15, 0.2) is 0 Å². The Hall–Kier alpha value is -1.85. The molecule has 0 saturated carbocycles. The summed E-state index contributed by atoms with van der Waals surface area (Å²) in [4.78, 5) is 9.18. The standard InChI is InChI=1S/C14H14Cl2N4O/c1-10(2)7-21-19-14(6-20-9-17-8-18-20)12-4-3-11(15)5-13(12)16/h3-5,8-9H,1,6-7H2,2H3/b19-14-. The third kappa shape index (κ3) is 4.58. The van der Waals surface area contributed by atoms with Crippen molar-refractivity contribution >= 4 is 28.9 Å². The molecular weight excluding hydrogens is 311 g/mol. The zero-order valence-corrected chi connectivity index (χ0v) is 13.0. The Morgan fingerprint density at radius 1 is 1.43 bits per heavy atom. The zero-order chi connectivity index (χ0) is 15.2. The number of benzene rings is 1. The molecule has 0 spiro atoms. The average molecular weight is 325 g/mol. The lowest BCUT2D eigenvalue weighted by atomic mass is 10.1. The highest BCUT2D eigenvalue weighted by Gasteiger charge is 2.11. The van der Waals surface area contributed by atoms with Gasteiger partial charge in [0, 0.05) is 10.6 Å². The van der Waals surface area contributed by atoms with Crippen molar-refractivity contribution < 1.29 is 4.84 Å². The predicted octanol–water partition coefficient (Wildman–Crippen LogP) is 3.58. The summed E-state index contributed by atoms with van der Waals surface area (Å²) in [5, 5.41) is 9.26. The van der Waals surface area contributed by atoms with E-state index in [-0.39, 0.29) is 0 Å². The third-order valence-electron chi connectivity index (χ3n) is 2.51. The van der Waals surface area contributed by atoms with Crippen LogP contribution in [0.2, 0.25) is 10.0 Å². The van der Waals surface area contributed by atoms with Crippen LogP contribution < -0.4 is 0 Å². The molecule has 5 nitrogen and oxygen atoms in total. The number of rotatable bonds is 6. The van der Waals surface area contributed by atoms with Gasteiger partial charge in [0.25, 0.3) is 0 Å². The van der Waals surface area contributed by atoms with Crippen LogP contribution in [0.25, 0.3) is 0 Å². The van der Waals surface area contributed by atoms with E-state index in [1.54, 1.807) is 29.2 Å². The molecule has 0 unspecified atom stereocenters. The first kappa shape index (κ1) is 15.5. The van der Waals surface area contributed by atoms with E-state index in [4.69, 9.17) is 28.0 Å². The van der Waals surface area contributed by atoms with Crippen LogP contribution in [0, 0.1) is 0 Å². The number of halogens is 2. The Morgan fingerprint density at radius 2 is 2.24 bits per heavy atom. The predicted molar refractivity (Wildman–Crippen MR) is 83.8 cm³/mol. The SMILES string of the molecule is C=C(C)CO/N=C(/Cn1cncn1)c1ccc(Cl)cc1Cl. The van der Waals surface area contributed by atoms with Crippen LogP contribution >= 0.6 is 23.2 Å². The molecule has 0 aliphatic rings. The van der Waals surface area contributed by atoms with Crippen molar-refractivity contribution in [2.75, 3.05) is 6.61 Å². The molecule has 1 heterocycles. The van der Waals surface area contributed by atoms with E-state index in [9.17, 15) is 0 Å². The van der Waals surface area contributed by atoms with E-state index >= 15 is 0 Å². The summed E-state index contributed by atoms with van der Waals surface area (Å²) in [6, 6.07) is 5.21. The summed E-state index contributed by atoms with van der Waals surface area (Å²) >= 11 is 12.1. The Kier molecular flexibility index (Phi) is 5.36. The third-order valence-corrected chi connectivity index (χ3v) is 3.05. The Balaban J connectivity index is 2.27. The fourth-order valence-corrected chi connectivity index (χ4v) is 2.09. The normalized spacial score (nSPS) is 11.5. The minimum atomic E-state index is 0.339. The summed E-state index contributed by atoms with van der Waals surface area (Å²) in [5.41, 5.74) is 2.24. The molecule has 21 heavy (non-hydrogen) atoms. The monoisotopic (exact) mass is 324 g/mol. The average Bonchev–Trinajstić information content (AvgIpc) is 2.90. The molecule has 0 N–H and O–H groups in total. The van der Waals surface area contributed by atoms with Gasteiger partial charge in [-0.15, -0.1) is 0 Å². The highest BCUT2D eigenvalue weighted by molar-refractivity contribution is 6.37. The smallest absolute Gasteiger partial charge is 0.137 e. The minimum absolute atomic E-state index is 0.339. The van der Waals surface area contributed by atoms with Gasteiger partial charge in [-0.05, 0) is 30.7 Å². The van der Waals surface area contributed by atoms with Crippen LogP contribution in [-0.4, -0.2) is 27.1 Å². The van der Waals surface area contributed by atoms with E-state index in [2.05, 4.69) is 21.8 Å². The maximum atomic E-state index is 6.22. The zero-order valence-electron chi connectivity index (χ0n) is 11.5. The van der Waals surface area contributed by atoms with Gasteiger partial charge in [-0.3, -0.25) is 0 Å². The highest BCUT2D eigenvalue weighted by Crippen LogP contribution is 2.22. The molecule has 7 heteroatoms. The maximum absolute atomic E-state index is 6.22. The molecule has 0 bridgehead atoms. The number of nitrogens with zero attached hydrogens (tertiary/aromatic N) is 4. The number of hydrogen-bond acceptors (Lipinski definition) is 4. The molecule has 0 fully saturated rings. The molecule has 1 aromatic heterocycles. The van der Waals surface area contributed by atoms with E-state index < -0.39 is 0 Å². The fraction of sp³-hybridized carbons (Fsp3) is 0.214. The molecular formula is C14H14Cl2N4O. The van der Waals surface area contributed by atoms with Crippen LogP contribution in [0.15, 0.2) is 48.2 Å². The topological polar surface area (TPSA) is 52.3 Å². The van der Waals surface area contributed by atoms with Crippen molar-refractivity contribution in [3.05, 3.63) is 58.6 Å². The number of aromatic nitrogens is 3. The lowest BCUT2D eigenvalue weighted by molar-refractivity contribution is 0.167. The van der Waals surface area contributed by atoms with Gasteiger partial charge in [-0.25, -0.2) is 9.67 Å². The van der Waals surface area contributed by atoms with Gasteiger partial charge in [0.2, 0.25) is 0 Å². The molecule has 2 aromatic rings. The van der Waals surface area contributed by atoms with Gasteiger partial charge in [-0.1, -0.05) is 34.9 Å². The molecule has 110 valence electrons. The second-order valence-corrected chi connectivity index (χ2v) is 5.33. The van der Waals surface area contributed by atoms with Gasteiger partial charge in [0.1, 0.15) is 25.0 Å². The number of oxime groups is 1. The van der Waals surface area contributed by atoms with Crippen LogP contribution in [0.5, 0.6) is 0 Å². The largest absolute Gasteiger partial charge is 0.391 e. The second kappa shape index (κ2) is 7.24. The van der Waals surface area contributed by atoms with Crippen LogP contribution in [0.4, 0.5) is 0 Å². The summed E-state index contributed by atoms with van der Waals surface area (Å²) in [7, 11) is 0. The first-order valence-electron chi connectivity index (χ1n) is 6.17. The molecule has 0 radical (unpaired) electrons. The van der Waals surface area contributed by atoms with E-state index in [0.717, 1.165) is 11.1 Å². The summed E-state index contributed by atoms with van der Waals surface area (Å²) in [5.74, 6) is 0. The molecule has 0 amide bonds. The summed E-state index contributed by atoms with van der Waals surface area (Å²) in [6.45, 7) is 6.35.